The summed E-state index contributed by atoms with van der Waals surface area (Å²) < 4.78 is 0. The first-order chi connectivity index (χ1) is 9.16. The highest BCUT2D eigenvalue weighted by atomic mass is 16.2. The summed E-state index contributed by atoms with van der Waals surface area (Å²) in [4.78, 5) is 25.7. The van der Waals surface area contributed by atoms with Crippen LogP contribution in [0.4, 0.5) is 11.4 Å². The van der Waals surface area contributed by atoms with Crippen molar-refractivity contribution in [3.05, 3.63) is 35.4 Å². The number of carbonyl (C=O) groups is 2. The predicted molar refractivity (Wildman–Crippen MR) is 73.0 cm³/mol. The second kappa shape index (κ2) is 4.51. The minimum absolute atomic E-state index is 0.0773. The molecule has 0 aromatic heterocycles. The molecule has 1 fully saturated rings. The minimum atomic E-state index is -0.156. The molecule has 1 saturated heterocycles. The first kappa shape index (κ1) is 11.9. The number of carbonyl (C=O) groups excluding carboxylic acids is 2. The van der Waals surface area contributed by atoms with Crippen molar-refractivity contribution in [2.24, 2.45) is 0 Å². The molecule has 0 saturated carbocycles. The van der Waals surface area contributed by atoms with Crippen LogP contribution in [0.5, 0.6) is 0 Å². The molecule has 2 heterocycles. The molecule has 5 heteroatoms. The highest BCUT2D eigenvalue weighted by Crippen LogP contribution is 2.30. The van der Waals surface area contributed by atoms with Crippen molar-refractivity contribution in [1.29, 1.82) is 0 Å². The van der Waals surface area contributed by atoms with Crippen LogP contribution in [0.3, 0.4) is 0 Å². The van der Waals surface area contributed by atoms with E-state index in [1.54, 1.807) is 11.0 Å². The Balaban J connectivity index is 1.97. The number of amides is 2. The monoisotopic (exact) mass is 257 g/mol. The zero-order chi connectivity index (χ0) is 13.4. The number of benzene rings is 1. The number of nitrogens with one attached hydrogen (secondary N) is 2. The van der Waals surface area contributed by atoms with E-state index in [-0.39, 0.29) is 18.4 Å². The van der Waals surface area contributed by atoms with E-state index in [2.05, 4.69) is 10.6 Å². The van der Waals surface area contributed by atoms with Gasteiger partial charge in [-0.2, -0.15) is 0 Å². The lowest BCUT2D eigenvalue weighted by Gasteiger charge is -2.31. The SMILES string of the molecule is CC(C(=O)N1CC(=O)Nc2ccccc21)=C1CNC1. The number of hydrogen-bond donors (Lipinski definition) is 2. The predicted octanol–water partition coefficient (Wildman–Crippen LogP) is 0.891. The van der Waals surface area contributed by atoms with Gasteiger partial charge >= 0.3 is 0 Å². The van der Waals surface area contributed by atoms with E-state index in [9.17, 15) is 9.59 Å². The molecule has 1 aromatic rings. The normalized spacial score (nSPS) is 17.4. The van der Waals surface area contributed by atoms with E-state index < -0.39 is 0 Å². The summed E-state index contributed by atoms with van der Waals surface area (Å²) in [6, 6.07) is 7.36. The lowest BCUT2D eigenvalue weighted by Crippen LogP contribution is -2.44. The average Bonchev–Trinajstić information content (AvgIpc) is 2.34. The number of rotatable bonds is 1. The van der Waals surface area contributed by atoms with Gasteiger partial charge in [0, 0.05) is 18.7 Å². The summed E-state index contributed by atoms with van der Waals surface area (Å²) in [6.45, 7) is 3.43. The Morgan fingerprint density at radius 2 is 2.00 bits per heavy atom. The highest BCUT2D eigenvalue weighted by Gasteiger charge is 2.28. The third-order valence-corrected chi connectivity index (χ3v) is 3.54. The molecule has 0 spiro atoms. The first-order valence-corrected chi connectivity index (χ1v) is 6.27. The van der Waals surface area contributed by atoms with Gasteiger partial charge in [-0.1, -0.05) is 12.1 Å². The van der Waals surface area contributed by atoms with E-state index in [1.807, 2.05) is 25.1 Å². The van der Waals surface area contributed by atoms with Crippen molar-refractivity contribution in [3.63, 3.8) is 0 Å². The van der Waals surface area contributed by atoms with Crippen LogP contribution < -0.4 is 15.5 Å². The van der Waals surface area contributed by atoms with Gasteiger partial charge < -0.3 is 10.6 Å². The zero-order valence-electron chi connectivity index (χ0n) is 10.7. The second-order valence-corrected chi connectivity index (χ2v) is 4.79. The van der Waals surface area contributed by atoms with Crippen molar-refractivity contribution < 1.29 is 9.59 Å². The van der Waals surface area contributed by atoms with Crippen LogP contribution in [0.15, 0.2) is 35.4 Å². The van der Waals surface area contributed by atoms with Crippen LogP contribution in [0.25, 0.3) is 0 Å². The van der Waals surface area contributed by atoms with Gasteiger partial charge in [-0.3, -0.25) is 14.5 Å². The van der Waals surface area contributed by atoms with Crippen molar-refractivity contribution in [2.45, 2.75) is 6.92 Å². The number of anilines is 2. The standard InChI is InChI=1S/C14H15N3O2/c1-9(10-6-15-7-10)14(19)17-8-13(18)16-11-4-2-3-5-12(11)17/h2-5,15H,6-8H2,1H3,(H,16,18). The minimum Gasteiger partial charge on any atom is -0.323 e. The molecule has 2 amide bonds. The third kappa shape index (κ3) is 2.02. The average molecular weight is 257 g/mol. The van der Waals surface area contributed by atoms with Crippen LogP contribution >= 0.6 is 0 Å². The van der Waals surface area contributed by atoms with Crippen molar-refractivity contribution in [2.75, 3.05) is 29.9 Å². The van der Waals surface area contributed by atoms with Crippen LogP contribution in [-0.2, 0) is 9.59 Å². The van der Waals surface area contributed by atoms with E-state index in [0.29, 0.717) is 5.69 Å². The highest BCUT2D eigenvalue weighted by molar-refractivity contribution is 6.15. The van der Waals surface area contributed by atoms with Gasteiger partial charge in [0.05, 0.1) is 11.4 Å². The fraction of sp³-hybridized carbons (Fsp3) is 0.286. The van der Waals surface area contributed by atoms with Gasteiger partial charge in [-0.05, 0) is 24.6 Å². The molecule has 3 rings (SSSR count). The molecular formula is C14H15N3O2. The molecule has 0 unspecified atom stereocenters. The summed E-state index contributed by atoms with van der Waals surface area (Å²) in [5.41, 5.74) is 3.31. The number of fused-ring (bicyclic) bond motifs is 1. The van der Waals surface area contributed by atoms with E-state index in [4.69, 9.17) is 0 Å². The maximum atomic E-state index is 12.5. The van der Waals surface area contributed by atoms with E-state index >= 15 is 0 Å². The summed E-state index contributed by atoms with van der Waals surface area (Å²) in [5, 5.41) is 5.90. The zero-order valence-corrected chi connectivity index (χ0v) is 10.7. The number of nitrogens with zero attached hydrogens (tertiary/aromatic N) is 1. The fourth-order valence-corrected chi connectivity index (χ4v) is 2.28. The third-order valence-electron chi connectivity index (χ3n) is 3.54. The molecule has 1 aromatic carbocycles. The topological polar surface area (TPSA) is 61.4 Å². The Hall–Kier alpha value is -2.14. The summed E-state index contributed by atoms with van der Waals surface area (Å²) >= 11 is 0. The second-order valence-electron chi connectivity index (χ2n) is 4.79. The Kier molecular flexibility index (Phi) is 2.83. The molecule has 0 atom stereocenters. The summed E-state index contributed by atoms with van der Waals surface area (Å²) in [5.74, 6) is -0.240. The molecule has 5 nitrogen and oxygen atoms in total. The molecule has 0 aliphatic carbocycles. The molecule has 2 N–H and O–H groups in total. The maximum Gasteiger partial charge on any atom is 0.254 e. The van der Waals surface area contributed by atoms with Gasteiger partial charge in [0.2, 0.25) is 5.91 Å². The van der Waals surface area contributed by atoms with Crippen molar-refractivity contribution in [1.82, 2.24) is 5.32 Å². The van der Waals surface area contributed by atoms with Crippen molar-refractivity contribution in [3.8, 4) is 0 Å². The van der Waals surface area contributed by atoms with E-state index in [0.717, 1.165) is 29.9 Å². The van der Waals surface area contributed by atoms with Crippen LogP contribution in [-0.4, -0.2) is 31.4 Å². The summed E-state index contributed by atoms with van der Waals surface area (Å²) in [6.07, 6.45) is 0. The number of para-hydroxylation sites is 2. The Morgan fingerprint density at radius 1 is 1.26 bits per heavy atom. The molecule has 19 heavy (non-hydrogen) atoms. The quantitative estimate of drug-likeness (QED) is 0.735. The van der Waals surface area contributed by atoms with Gasteiger partial charge in [-0.15, -0.1) is 0 Å². The lowest BCUT2D eigenvalue weighted by molar-refractivity contribution is -0.119. The molecule has 0 bridgehead atoms. The molecule has 98 valence electrons. The van der Waals surface area contributed by atoms with Gasteiger partial charge in [0.1, 0.15) is 6.54 Å². The van der Waals surface area contributed by atoms with Crippen LogP contribution in [0, 0.1) is 0 Å². The summed E-state index contributed by atoms with van der Waals surface area (Å²) in [7, 11) is 0. The number of hydrogen-bond acceptors (Lipinski definition) is 3. The van der Waals surface area contributed by atoms with Crippen LogP contribution in [0.2, 0.25) is 0 Å². The lowest BCUT2D eigenvalue weighted by atomic mass is 10.0. The fourth-order valence-electron chi connectivity index (χ4n) is 2.28. The van der Waals surface area contributed by atoms with E-state index in [1.165, 1.54) is 0 Å². The Bertz CT molecular complexity index is 586. The van der Waals surface area contributed by atoms with Gasteiger partial charge in [0.15, 0.2) is 0 Å². The van der Waals surface area contributed by atoms with Crippen LogP contribution in [0.1, 0.15) is 6.92 Å². The first-order valence-electron chi connectivity index (χ1n) is 6.27. The van der Waals surface area contributed by atoms with Crippen molar-refractivity contribution >= 4 is 23.2 Å². The molecule has 2 aliphatic rings. The maximum absolute atomic E-state index is 12.5. The van der Waals surface area contributed by atoms with Gasteiger partial charge in [0.25, 0.3) is 5.91 Å². The molecule has 0 radical (unpaired) electrons. The Morgan fingerprint density at radius 3 is 2.68 bits per heavy atom. The van der Waals surface area contributed by atoms with Gasteiger partial charge in [-0.25, -0.2) is 0 Å². The molecular weight excluding hydrogens is 242 g/mol. The Labute approximate surface area is 111 Å². The molecule has 2 aliphatic heterocycles. The smallest absolute Gasteiger partial charge is 0.254 e. The largest absolute Gasteiger partial charge is 0.323 e.